The quantitative estimate of drug-likeness (QED) is 0.108. The number of fused-ring (bicyclic) bond motifs is 12. The molecule has 4 nitrogen and oxygen atoms in total. The second kappa shape index (κ2) is 30.3. The Morgan fingerprint density at radius 2 is 0.570 bits per heavy atom. The van der Waals surface area contributed by atoms with Gasteiger partial charge in [0, 0.05) is 66.8 Å². The van der Waals surface area contributed by atoms with E-state index in [1.165, 1.54) is 0 Å². The Kier molecular flexibility index (Phi) is 15.7. The lowest BCUT2D eigenvalue weighted by atomic mass is 9.67. The molecular formula is C124H110N4. The molecule has 128 heavy (non-hydrogen) atoms. The first-order chi connectivity index (χ1) is 67.5. The van der Waals surface area contributed by atoms with Gasteiger partial charge in [0.1, 0.15) is 0 Å². The van der Waals surface area contributed by atoms with Crippen molar-refractivity contribution in [1.29, 1.82) is 0 Å². The van der Waals surface area contributed by atoms with Crippen molar-refractivity contribution in [3.8, 4) is 55.9 Å². The monoisotopic (exact) mass is 1670 g/mol. The molecule has 2 aliphatic rings. The summed E-state index contributed by atoms with van der Waals surface area (Å²) in [6.45, 7) is 31.3. The molecule has 0 spiro atoms. The standard InChI is InChI=1S/C124H110N4/c1-118(2,3)87-60-66-114(104(74-87)81-58-64-100-98-50-28-32-54-108(98)123(110(100)70-81,83-38-20-16-21-39-83)84-40-22-17-23-41-84)125(92-46-36-48-94(78-92)127-112-56-34-30-52-102(112)106-76-89(120(7,8)9)62-68-116(106)127)96-72-91(122(13,14)15)73-97(80-96)126(93-47-37-49-95(79-93)128-113-57-35-31-53-103(113)107-77-90(121(10,11)12)63-69-117(107)128)115-67-61-88(119(4,5)6)75-105(115)82-59-65-101-99-51-29-33-55-109(99)124(111(101)71-82,85-42-24-18-25-43-85)86-44-26-19-27-45-86/h16-80H,1-15H3/i30D,31D,34D,35D,52D,53D,56D,57D,62D,63D,68D,69D,76D,77D. The molecule has 4 heteroatoms. The second-order valence-corrected chi connectivity index (χ2v) is 39.8. The molecule has 0 bridgehead atoms. The van der Waals surface area contributed by atoms with Crippen LogP contribution in [0, 0.1) is 0 Å². The average Bonchev–Trinajstić information content (AvgIpc) is 1.55. The van der Waals surface area contributed by atoms with E-state index in [2.05, 4.69) is 333 Å². The zero-order valence-corrected chi connectivity index (χ0v) is 75.2. The molecule has 0 amide bonds. The van der Waals surface area contributed by atoms with E-state index in [0.717, 1.165) is 117 Å². The second-order valence-electron chi connectivity index (χ2n) is 39.8. The first kappa shape index (κ1) is 66.4. The lowest BCUT2D eigenvalue weighted by molar-refractivity contribution is 0.590. The fourth-order valence-electron chi connectivity index (χ4n) is 20.1. The molecule has 2 aliphatic carbocycles. The Morgan fingerprint density at radius 1 is 0.234 bits per heavy atom. The largest absolute Gasteiger partial charge is 0.310 e. The Labute approximate surface area is 775 Å². The highest BCUT2D eigenvalue weighted by Crippen LogP contribution is 2.61. The topological polar surface area (TPSA) is 16.3 Å². The van der Waals surface area contributed by atoms with Crippen molar-refractivity contribution in [2.24, 2.45) is 0 Å². The van der Waals surface area contributed by atoms with Gasteiger partial charge in [-0.2, -0.15) is 0 Å². The van der Waals surface area contributed by atoms with E-state index in [4.69, 9.17) is 0 Å². The summed E-state index contributed by atoms with van der Waals surface area (Å²) in [5.41, 5.74) is 20.3. The van der Waals surface area contributed by atoms with Crippen LogP contribution in [0.5, 0.6) is 0 Å². The summed E-state index contributed by atoms with van der Waals surface area (Å²) in [6, 6.07) is 106. The van der Waals surface area contributed by atoms with E-state index in [1.54, 1.807) is 9.13 Å². The number of para-hydroxylation sites is 2. The maximum absolute atomic E-state index is 10.3. The molecule has 21 rings (SSSR count). The number of hydrogen-bond donors (Lipinski definition) is 0. The van der Waals surface area contributed by atoms with E-state index in [-0.39, 0.29) is 115 Å². The van der Waals surface area contributed by atoms with Crippen molar-refractivity contribution in [1.82, 2.24) is 9.13 Å². The summed E-state index contributed by atoms with van der Waals surface area (Å²) in [6.07, 6.45) is 0. The van der Waals surface area contributed by atoms with Crippen molar-refractivity contribution < 1.29 is 19.2 Å². The van der Waals surface area contributed by atoms with Gasteiger partial charge in [-0.05, 0) is 260 Å². The van der Waals surface area contributed by atoms with E-state index in [0.29, 0.717) is 34.1 Å². The molecule has 19 aromatic rings. The number of nitrogens with zero attached hydrogens (tertiary/aromatic N) is 4. The Bertz CT molecular complexity index is 7910. The van der Waals surface area contributed by atoms with Gasteiger partial charge >= 0.3 is 0 Å². The fourth-order valence-corrected chi connectivity index (χ4v) is 20.1. The van der Waals surface area contributed by atoms with Gasteiger partial charge in [0.25, 0.3) is 0 Å². The lowest BCUT2D eigenvalue weighted by Crippen LogP contribution is -2.28. The molecule has 17 aromatic carbocycles. The zero-order chi connectivity index (χ0) is 100. The predicted octanol–water partition coefficient (Wildman–Crippen LogP) is 33.4. The van der Waals surface area contributed by atoms with E-state index in [9.17, 15) is 19.2 Å². The summed E-state index contributed by atoms with van der Waals surface area (Å²) in [5.74, 6) is 0. The fraction of sp³-hybridized carbons (Fsp3) is 0.177. The molecule has 0 saturated carbocycles. The van der Waals surface area contributed by atoms with Crippen LogP contribution in [0.4, 0.5) is 34.1 Å². The van der Waals surface area contributed by atoms with Crippen LogP contribution >= 0.6 is 0 Å². The number of benzene rings is 17. The first-order valence-electron chi connectivity index (χ1n) is 51.6. The van der Waals surface area contributed by atoms with Crippen molar-refractivity contribution in [2.75, 3.05) is 9.80 Å². The minimum absolute atomic E-state index is 0.0453. The maximum atomic E-state index is 10.3. The van der Waals surface area contributed by atoms with Crippen molar-refractivity contribution in [3.63, 3.8) is 0 Å². The molecule has 626 valence electrons. The maximum Gasteiger partial charge on any atom is 0.0713 e. The van der Waals surface area contributed by atoms with Gasteiger partial charge in [-0.15, -0.1) is 0 Å². The summed E-state index contributed by atoms with van der Waals surface area (Å²) in [4.78, 5) is 4.55. The van der Waals surface area contributed by atoms with Crippen LogP contribution in [-0.2, 0) is 37.9 Å². The third-order valence-corrected chi connectivity index (χ3v) is 26.5. The molecule has 2 aromatic heterocycles. The summed E-state index contributed by atoms with van der Waals surface area (Å²) >= 11 is 0. The number of anilines is 6. The van der Waals surface area contributed by atoms with E-state index in [1.807, 2.05) is 90.1 Å². The first-order valence-corrected chi connectivity index (χ1v) is 44.6. The van der Waals surface area contributed by atoms with Gasteiger partial charge < -0.3 is 18.9 Å². The highest BCUT2D eigenvalue weighted by molar-refractivity contribution is 6.11. The van der Waals surface area contributed by atoms with Gasteiger partial charge in [0.15, 0.2) is 0 Å². The predicted molar refractivity (Wildman–Crippen MR) is 543 cm³/mol. The van der Waals surface area contributed by atoms with Gasteiger partial charge in [-0.25, -0.2) is 0 Å². The molecule has 0 N–H and O–H groups in total. The average molecular weight is 1670 g/mol. The number of rotatable bonds is 14. The van der Waals surface area contributed by atoms with E-state index < -0.39 is 62.1 Å². The zero-order valence-electron chi connectivity index (χ0n) is 89.2. The molecule has 0 atom stereocenters. The van der Waals surface area contributed by atoms with Crippen LogP contribution in [0.2, 0.25) is 0 Å². The van der Waals surface area contributed by atoms with Crippen LogP contribution in [0.15, 0.2) is 394 Å². The van der Waals surface area contributed by atoms with Gasteiger partial charge in [-0.3, -0.25) is 0 Å². The minimum atomic E-state index is -0.843. The van der Waals surface area contributed by atoms with Crippen LogP contribution in [-0.4, -0.2) is 9.13 Å². The van der Waals surface area contributed by atoms with Crippen LogP contribution in [0.3, 0.4) is 0 Å². The molecular weight excluding hydrogens is 1550 g/mol. The Balaban J connectivity index is 0.906. The minimum Gasteiger partial charge on any atom is -0.310 e. The summed E-state index contributed by atoms with van der Waals surface area (Å²) in [5, 5.41) is 0.389. The third kappa shape index (κ3) is 13.3. The third-order valence-electron chi connectivity index (χ3n) is 26.5. The molecule has 0 unspecified atom stereocenters. The van der Waals surface area contributed by atoms with Crippen molar-refractivity contribution >= 4 is 77.7 Å². The van der Waals surface area contributed by atoms with Crippen LogP contribution in [0.1, 0.15) is 195 Å². The SMILES string of the molecule is [2H]c1c([2H])c([2H])c2c(c1[2H])c1c([2H])c(C(C)(C)C)c([2H])c([2H])c1n2-c1cccc(N(c2cc(N(c3cccc(-n4c5c([2H])c([2H])c([2H])c([2H])c5c5c([2H])c(C(C)(C)C)c([2H])c([2H])c54)c3)c3ccc(C(C)(C)C)cc3-c3ccc4c(c3)C(c3ccccc3)(c3ccccc3)c3ccccc3-4)cc(C(C)(C)C)c2)c2ccc(C(C)(C)C)cc2-c2ccc3c(c2)C(c2ccccc2)(c2ccccc2)c2ccccc2-3)c1. The molecule has 0 radical (unpaired) electrons. The highest BCUT2D eigenvalue weighted by Gasteiger charge is 2.48. The van der Waals surface area contributed by atoms with Gasteiger partial charge in [0.05, 0.1) is 63.5 Å². The smallest absolute Gasteiger partial charge is 0.0713 e. The lowest BCUT2D eigenvalue weighted by Gasteiger charge is -2.35. The van der Waals surface area contributed by atoms with Crippen LogP contribution in [0.25, 0.3) is 99.5 Å². The van der Waals surface area contributed by atoms with Gasteiger partial charge in [-0.1, -0.05) is 371 Å². The van der Waals surface area contributed by atoms with Crippen molar-refractivity contribution in [2.45, 2.75) is 142 Å². The van der Waals surface area contributed by atoms with E-state index >= 15 is 0 Å². The van der Waals surface area contributed by atoms with Crippen LogP contribution < -0.4 is 9.80 Å². The molecule has 0 aliphatic heterocycles. The Morgan fingerprint density at radius 3 is 0.938 bits per heavy atom. The normalized spacial score (nSPS) is 15.1. The number of hydrogen-bond acceptors (Lipinski definition) is 2. The highest BCUT2D eigenvalue weighted by atomic mass is 15.2. The summed E-state index contributed by atoms with van der Waals surface area (Å²) in [7, 11) is 0. The molecule has 0 fully saturated rings. The Hall–Kier alpha value is -14.1. The van der Waals surface area contributed by atoms with Crippen molar-refractivity contribution in [3.05, 3.63) is 466 Å². The molecule has 0 saturated heterocycles. The molecule has 2 heterocycles. The van der Waals surface area contributed by atoms with Gasteiger partial charge in [0.2, 0.25) is 0 Å². The number of aromatic nitrogens is 2. The summed E-state index contributed by atoms with van der Waals surface area (Å²) < 4.78 is 142.